The van der Waals surface area contributed by atoms with Gasteiger partial charge >= 0.3 is 0 Å². The van der Waals surface area contributed by atoms with E-state index < -0.39 is 0 Å². The molecule has 54 heavy (non-hydrogen) atoms. The molecular formula is C50H40N4. The fraction of sp³-hybridized carbons (Fsp3) is 0.200. The second kappa shape index (κ2) is 13.0. The first-order valence-electron chi connectivity index (χ1n) is 19.3. The van der Waals surface area contributed by atoms with Crippen molar-refractivity contribution in [2.45, 2.75) is 38.0 Å². The molecule has 3 fully saturated rings. The van der Waals surface area contributed by atoms with E-state index in [0.29, 0.717) is 23.0 Å². The summed E-state index contributed by atoms with van der Waals surface area (Å²) in [6.45, 7) is 2.51. The Kier molecular flexibility index (Phi) is 7.84. The van der Waals surface area contributed by atoms with Crippen molar-refractivity contribution >= 4 is 0 Å². The molecule has 1 heterocycles. The van der Waals surface area contributed by atoms with Crippen LogP contribution in [0.25, 0.3) is 67.5 Å². The highest BCUT2D eigenvalue weighted by Crippen LogP contribution is 2.67. The van der Waals surface area contributed by atoms with Crippen LogP contribution in [-0.2, 0) is 5.41 Å². The summed E-state index contributed by atoms with van der Waals surface area (Å²) in [5.41, 5.74) is 11.4. The van der Waals surface area contributed by atoms with Crippen LogP contribution in [0.3, 0.4) is 0 Å². The van der Waals surface area contributed by atoms with E-state index in [-0.39, 0.29) is 5.41 Å². The second-order valence-corrected chi connectivity index (χ2v) is 15.9. The lowest BCUT2D eigenvalue weighted by Gasteiger charge is -2.65. The largest absolute Gasteiger partial charge is 0.208 e. The molecule has 6 aromatic carbocycles. The van der Waals surface area contributed by atoms with E-state index in [0.717, 1.165) is 73.7 Å². The monoisotopic (exact) mass is 696 g/mol. The molecule has 0 saturated heterocycles. The van der Waals surface area contributed by atoms with Gasteiger partial charge in [0.2, 0.25) is 0 Å². The fourth-order valence-corrected chi connectivity index (χ4v) is 10.1. The molecule has 4 nitrogen and oxygen atoms in total. The summed E-state index contributed by atoms with van der Waals surface area (Å²) in [5.74, 6) is 5.69. The number of hydrogen-bond donors (Lipinski definition) is 0. The second-order valence-electron chi connectivity index (χ2n) is 15.9. The summed E-state index contributed by atoms with van der Waals surface area (Å²) in [6, 6.07) is 54.9. The van der Waals surface area contributed by atoms with Gasteiger partial charge in [0.25, 0.3) is 0 Å². The van der Waals surface area contributed by atoms with E-state index in [4.69, 9.17) is 15.0 Å². The van der Waals surface area contributed by atoms with Crippen LogP contribution in [0.15, 0.2) is 152 Å². The normalized spacial score (nSPS) is 22.3. The minimum Gasteiger partial charge on any atom is -0.208 e. The minimum atomic E-state index is 0.227. The highest BCUT2D eigenvalue weighted by molar-refractivity contribution is 6.01. The fourth-order valence-electron chi connectivity index (χ4n) is 10.1. The third kappa shape index (κ3) is 5.55. The van der Waals surface area contributed by atoms with Gasteiger partial charge in [0, 0.05) is 22.3 Å². The third-order valence-corrected chi connectivity index (χ3v) is 12.7. The Labute approximate surface area is 317 Å². The summed E-state index contributed by atoms with van der Waals surface area (Å²) in [6.07, 6.45) is 5.50. The first kappa shape index (κ1) is 32.5. The summed E-state index contributed by atoms with van der Waals surface area (Å²) in [7, 11) is 0. The van der Waals surface area contributed by atoms with E-state index in [1.54, 1.807) is 0 Å². The molecule has 3 aliphatic carbocycles. The zero-order valence-electron chi connectivity index (χ0n) is 30.4. The van der Waals surface area contributed by atoms with E-state index in [9.17, 15) is 5.26 Å². The van der Waals surface area contributed by atoms with Gasteiger partial charge in [-0.25, -0.2) is 15.0 Å². The molecule has 0 N–H and O–H groups in total. The molecule has 2 unspecified atom stereocenters. The summed E-state index contributed by atoms with van der Waals surface area (Å²) in [4.78, 5) is 15.3. The Morgan fingerprint density at radius 3 is 1.59 bits per heavy atom. The van der Waals surface area contributed by atoms with Crippen molar-refractivity contribution in [2.24, 2.45) is 23.7 Å². The van der Waals surface area contributed by atoms with Crippen molar-refractivity contribution in [2.75, 3.05) is 0 Å². The molecule has 1 aromatic heterocycles. The standard InChI is InChI=1S/C50H40N4/c1-50(29-39-27-38-28-40(30-50)44(38)39)41-22-20-33(21-23-41)42-24-25-43(45(34-13-5-2-6-14-34)46(42)37-19-11-12-32(26-37)31-51)49-53-47(35-15-7-3-8-16-35)52-48(54-49)36-17-9-4-10-18-36/h2-26,38-40,44H,27-30H2,1H3/t38-,39+,40-,44?,50?. The van der Waals surface area contributed by atoms with Gasteiger partial charge in [-0.3, -0.25) is 0 Å². The van der Waals surface area contributed by atoms with Crippen molar-refractivity contribution in [1.82, 2.24) is 15.0 Å². The number of rotatable bonds is 7. The summed E-state index contributed by atoms with van der Waals surface area (Å²) < 4.78 is 0. The van der Waals surface area contributed by atoms with Gasteiger partial charge in [-0.05, 0) is 106 Å². The predicted octanol–water partition coefficient (Wildman–Crippen LogP) is 12.1. The Morgan fingerprint density at radius 1 is 0.500 bits per heavy atom. The topological polar surface area (TPSA) is 62.5 Å². The number of hydrogen-bond acceptors (Lipinski definition) is 4. The Hall–Kier alpha value is -6.18. The molecule has 5 atom stereocenters. The van der Waals surface area contributed by atoms with Crippen LogP contribution in [0.5, 0.6) is 0 Å². The quantitative estimate of drug-likeness (QED) is 0.166. The van der Waals surface area contributed by atoms with Crippen molar-refractivity contribution in [3.63, 3.8) is 0 Å². The van der Waals surface area contributed by atoms with Crippen molar-refractivity contribution in [3.8, 4) is 73.6 Å². The first-order chi connectivity index (χ1) is 26.5. The minimum absolute atomic E-state index is 0.227. The van der Waals surface area contributed by atoms with Gasteiger partial charge < -0.3 is 0 Å². The summed E-state index contributed by atoms with van der Waals surface area (Å²) >= 11 is 0. The van der Waals surface area contributed by atoms with Crippen LogP contribution in [0, 0.1) is 35.0 Å². The zero-order chi connectivity index (χ0) is 36.2. The molecule has 3 aliphatic rings. The Balaban J connectivity index is 1.18. The van der Waals surface area contributed by atoms with Gasteiger partial charge in [0.15, 0.2) is 17.5 Å². The molecule has 260 valence electrons. The van der Waals surface area contributed by atoms with Gasteiger partial charge in [-0.15, -0.1) is 0 Å². The molecule has 0 amide bonds. The van der Waals surface area contributed by atoms with Gasteiger partial charge in [0.05, 0.1) is 11.6 Å². The lowest BCUT2D eigenvalue weighted by Crippen LogP contribution is -2.58. The van der Waals surface area contributed by atoms with Crippen molar-refractivity contribution in [3.05, 3.63) is 163 Å². The van der Waals surface area contributed by atoms with Gasteiger partial charge in [0.1, 0.15) is 0 Å². The Bertz CT molecular complexity index is 2460. The van der Waals surface area contributed by atoms with Crippen LogP contribution in [0.2, 0.25) is 0 Å². The number of nitrogens with zero attached hydrogens (tertiary/aromatic N) is 4. The van der Waals surface area contributed by atoms with Gasteiger partial charge in [-0.1, -0.05) is 140 Å². The maximum Gasteiger partial charge on any atom is 0.164 e. The molecule has 0 spiro atoms. The third-order valence-electron chi connectivity index (χ3n) is 12.7. The smallest absolute Gasteiger partial charge is 0.164 e. The zero-order valence-corrected chi connectivity index (χ0v) is 30.4. The van der Waals surface area contributed by atoms with E-state index in [2.05, 4.69) is 79.7 Å². The highest BCUT2D eigenvalue weighted by atomic mass is 15.0. The Morgan fingerprint density at radius 2 is 1.02 bits per heavy atom. The van der Waals surface area contributed by atoms with Crippen LogP contribution < -0.4 is 0 Å². The van der Waals surface area contributed by atoms with E-state index in [1.165, 1.54) is 31.2 Å². The molecular weight excluding hydrogens is 657 g/mol. The van der Waals surface area contributed by atoms with E-state index in [1.807, 2.05) is 84.9 Å². The SMILES string of the molecule is CC1(c2ccc(-c3ccc(-c4nc(-c5ccccc5)nc(-c5ccccc5)n4)c(-c4ccccc4)c3-c3cccc(C#N)c3)cc2)C[C@H]2C[C@H]3C[C@@H](C1)C32. The molecule has 0 radical (unpaired) electrons. The van der Waals surface area contributed by atoms with Crippen molar-refractivity contribution in [1.29, 1.82) is 5.26 Å². The van der Waals surface area contributed by atoms with Crippen molar-refractivity contribution < 1.29 is 0 Å². The van der Waals surface area contributed by atoms with Gasteiger partial charge in [-0.2, -0.15) is 5.26 Å². The molecule has 4 heteroatoms. The maximum atomic E-state index is 10.1. The molecule has 0 bridgehead atoms. The molecule has 7 aromatic rings. The number of aromatic nitrogens is 3. The van der Waals surface area contributed by atoms with E-state index >= 15 is 0 Å². The molecule has 10 rings (SSSR count). The average Bonchev–Trinajstić information content (AvgIpc) is 3.22. The lowest BCUT2D eigenvalue weighted by molar-refractivity contribution is -0.141. The lowest BCUT2D eigenvalue weighted by atomic mass is 9.39. The maximum absolute atomic E-state index is 10.1. The molecule has 3 saturated carbocycles. The average molecular weight is 697 g/mol. The first-order valence-corrected chi connectivity index (χ1v) is 19.3. The van der Waals surface area contributed by atoms with Crippen LogP contribution in [-0.4, -0.2) is 15.0 Å². The summed E-state index contributed by atoms with van der Waals surface area (Å²) in [5, 5.41) is 10.1. The number of benzene rings is 6. The number of nitriles is 1. The highest BCUT2D eigenvalue weighted by Gasteiger charge is 2.59. The predicted molar refractivity (Wildman–Crippen MR) is 217 cm³/mol. The van der Waals surface area contributed by atoms with Crippen LogP contribution in [0.1, 0.15) is 43.7 Å². The molecule has 0 aliphatic heterocycles. The van der Waals surface area contributed by atoms with Crippen LogP contribution >= 0.6 is 0 Å². The van der Waals surface area contributed by atoms with Crippen LogP contribution in [0.4, 0.5) is 0 Å².